The van der Waals surface area contributed by atoms with Crippen molar-refractivity contribution in [1.82, 2.24) is 14.8 Å². The SMILES string of the molecule is NC(=O)c1ccccc1-c1ccn(Cc2ccncc2)n1. The average molecular weight is 278 g/mol. The van der Waals surface area contributed by atoms with Crippen LogP contribution in [0.25, 0.3) is 11.3 Å². The Morgan fingerprint density at radius 2 is 1.86 bits per heavy atom. The van der Waals surface area contributed by atoms with Crippen molar-refractivity contribution in [2.75, 3.05) is 0 Å². The highest BCUT2D eigenvalue weighted by atomic mass is 16.1. The summed E-state index contributed by atoms with van der Waals surface area (Å²) in [6.45, 7) is 0.654. The third-order valence-corrected chi connectivity index (χ3v) is 3.20. The van der Waals surface area contributed by atoms with E-state index in [1.807, 2.05) is 41.2 Å². The van der Waals surface area contributed by atoms with Crippen molar-refractivity contribution >= 4 is 5.91 Å². The lowest BCUT2D eigenvalue weighted by Crippen LogP contribution is -2.12. The Labute approximate surface area is 122 Å². The van der Waals surface area contributed by atoms with Gasteiger partial charge in [-0.1, -0.05) is 18.2 Å². The van der Waals surface area contributed by atoms with Gasteiger partial charge >= 0.3 is 0 Å². The molecule has 5 nitrogen and oxygen atoms in total. The van der Waals surface area contributed by atoms with Crippen molar-refractivity contribution in [2.45, 2.75) is 6.54 Å². The number of amides is 1. The van der Waals surface area contributed by atoms with E-state index >= 15 is 0 Å². The Morgan fingerprint density at radius 3 is 2.62 bits per heavy atom. The minimum Gasteiger partial charge on any atom is -0.366 e. The molecule has 21 heavy (non-hydrogen) atoms. The van der Waals surface area contributed by atoms with Crippen LogP contribution in [0.3, 0.4) is 0 Å². The standard InChI is InChI=1S/C16H14N4O/c17-16(21)14-4-2-1-3-13(14)15-7-10-20(19-15)11-12-5-8-18-9-6-12/h1-10H,11H2,(H2,17,21). The molecule has 5 heteroatoms. The summed E-state index contributed by atoms with van der Waals surface area (Å²) in [5.74, 6) is -0.450. The highest BCUT2D eigenvalue weighted by Crippen LogP contribution is 2.21. The summed E-state index contributed by atoms with van der Waals surface area (Å²) >= 11 is 0. The number of hydrogen-bond acceptors (Lipinski definition) is 3. The zero-order valence-electron chi connectivity index (χ0n) is 11.3. The molecule has 0 aliphatic rings. The third kappa shape index (κ3) is 2.81. The van der Waals surface area contributed by atoms with E-state index in [2.05, 4.69) is 10.1 Å². The lowest BCUT2D eigenvalue weighted by atomic mass is 10.0. The molecule has 104 valence electrons. The Hall–Kier alpha value is -2.95. The molecule has 1 aromatic carbocycles. The molecule has 0 atom stereocenters. The summed E-state index contributed by atoms with van der Waals surface area (Å²) in [7, 11) is 0. The van der Waals surface area contributed by atoms with Crippen LogP contribution in [-0.4, -0.2) is 20.7 Å². The van der Waals surface area contributed by atoms with Crippen molar-refractivity contribution in [3.8, 4) is 11.3 Å². The van der Waals surface area contributed by atoms with Gasteiger partial charge < -0.3 is 5.73 Å². The van der Waals surface area contributed by atoms with Gasteiger partial charge in [0.2, 0.25) is 5.91 Å². The van der Waals surface area contributed by atoms with E-state index in [1.54, 1.807) is 24.5 Å². The molecule has 0 unspecified atom stereocenters. The van der Waals surface area contributed by atoms with E-state index < -0.39 is 5.91 Å². The second kappa shape index (κ2) is 5.58. The van der Waals surface area contributed by atoms with Gasteiger partial charge in [-0.25, -0.2) is 0 Å². The van der Waals surface area contributed by atoms with Gasteiger partial charge in [0.25, 0.3) is 0 Å². The number of nitrogens with zero attached hydrogens (tertiary/aromatic N) is 3. The van der Waals surface area contributed by atoms with Crippen LogP contribution in [0.5, 0.6) is 0 Å². The average Bonchev–Trinajstić information content (AvgIpc) is 2.96. The highest BCUT2D eigenvalue weighted by Gasteiger charge is 2.11. The van der Waals surface area contributed by atoms with Crippen molar-refractivity contribution in [3.05, 3.63) is 72.2 Å². The number of pyridine rings is 1. The quantitative estimate of drug-likeness (QED) is 0.794. The van der Waals surface area contributed by atoms with E-state index in [1.165, 1.54) is 0 Å². The molecule has 0 saturated carbocycles. The van der Waals surface area contributed by atoms with E-state index in [9.17, 15) is 4.79 Å². The second-order valence-electron chi connectivity index (χ2n) is 4.66. The van der Waals surface area contributed by atoms with Crippen molar-refractivity contribution in [2.24, 2.45) is 5.73 Å². The first-order chi connectivity index (χ1) is 10.2. The Bertz CT molecular complexity index is 765. The van der Waals surface area contributed by atoms with Crippen LogP contribution in [0, 0.1) is 0 Å². The number of rotatable bonds is 4. The van der Waals surface area contributed by atoms with Gasteiger partial charge in [0.1, 0.15) is 0 Å². The fourth-order valence-electron chi connectivity index (χ4n) is 2.19. The molecule has 3 aromatic rings. The third-order valence-electron chi connectivity index (χ3n) is 3.20. The maximum absolute atomic E-state index is 11.5. The number of carbonyl (C=O) groups excluding carboxylic acids is 1. The molecule has 0 fully saturated rings. The topological polar surface area (TPSA) is 73.8 Å². The fraction of sp³-hybridized carbons (Fsp3) is 0.0625. The van der Waals surface area contributed by atoms with Gasteiger partial charge in [0.05, 0.1) is 12.2 Å². The summed E-state index contributed by atoms with van der Waals surface area (Å²) in [6.07, 6.45) is 5.39. The molecule has 3 rings (SSSR count). The Kier molecular flexibility index (Phi) is 3.47. The second-order valence-corrected chi connectivity index (χ2v) is 4.66. The minimum absolute atomic E-state index is 0.450. The summed E-state index contributed by atoms with van der Waals surface area (Å²) < 4.78 is 1.82. The maximum Gasteiger partial charge on any atom is 0.249 e. The molecular formula is C16H14N4O. The van der Waals surface area contributed by atoms with Crippen LogP contribution in [0.2, 0.25) is 0 Å². The van der Waals surface area contributed by atoms with Crippen LogP contribution >= 0.6 is 0 Å². The van der Waals surface area contributed by atoms with Gasteiger partial charge in [0.15, 0.2) is 0 Å². The van der Waals surface area contributed by atoms with Crippen LogP contribution in [-0.2, 0) is 6.54 Å². The summed E-state index contributed by atoms with van der Waals surface area (Å²) in [5.41, 5.74) is 8.48. The predicted octanol–water partition coefficient (Wildman–Crippen LogP) is 2.09. The highest BCUT2D eigenvalue weighted by molar-refractivity contribution is 5.99. The van der Waals surface area contributed by atoms with Gasteiger partial charge in [-0.3, -0.25) is 14.5 Å². The first kappa shape index (κ1) is 13.1. The monoisotopic (exact) mass is 278 g/mol. The molecule has 1 amide bonds. The van der Waals surface area contributed by atoms with Crippen molar-refractivity contribution < 1.29 is 4.79 Å². The van der Waals surface area contributed by atoms with E-state index in [0.29, 0.717) is 12.1 Å². The summed E-state index contributed by atoms with van der Waals surface area (Å²) in [4.78, 5) is 15.5. The molecule has 0 spiro atoms. The number of primary amides is 1. The molecule has 0 aliphatic heterocycles. The number of carbonyl (C=O) groups is 1. The zero-order chi connectivity index (χ0) is 14.7. The number of hydrogen-bond donors (Lipinski definition) is 1. The number of nitrogens with two attached hydrogens (primary N) is 1. The zero-order valence-corrected chi connectivity index (χ0v) is 11.3. The van der Waals surface area contributed by atoms with Crippen LogP contribution in [0.1, 0.15) is 15.9 Å². The van der Waals surface area contributed by atoms with Crippen LogP contribution < -0.4 is 5.73 Å². The molecule has 0 bridgehead atoms. The molecule has 0 radical (unpaired) electrons. The first-order valence-electron chi connectivity index (χ1n) is 6.55. The largest absolute Gasteiger partial charge is 0.366 e. The van der Waals surface area contributed by atoms with Crippen molar-refractivity contribution in [3.63, 3.8) is 0 Å². The number of aromatic nitrogens is 3. The Balaban J connectivity index is 1.90. The van der Waals surface area contributed by atoms with Crippen molar-refractivity contribution in [1.29, 1.82) is 0 Å². The van der Waals surface area contributed by atoms with Crippen LogP contribution in [0.4, 0.5) is 0 Å². The molecule has 0 saturated heterocycles. The van der Waals surface area contributed by atoms with E-state index in [-0.39, 0.29) is 0 Å². The van der Waals surface area contributed by atoms with Gasteiger partial charge in [-0.2, -0.15) is 5.10 Å². The van der Waals surface area contributed by atoms with E-state index in [4.69, 9.17) is 5.73 Å². The number of benzene rings is 1. The molecule has 2 aromatic heterocycles. The lowest BCUT2D eigenvalue weighted by Gasteiger charge is -2.04. The predicted molar refractivity (Wildman–Crippen MR) is 79.5 cm³/mol. The minimum atomic E-state index is -0.450. The Morgan fingerprint density at radius 1 is 1.10 bits per heavy atom. The first-order valence-corrected chi connectivity index (χ1v) is 6.55. The molecule has 2 heterocycles. The lowest BCUT2D eigenvalue weighted by molar-refractivity contribution is 0.100. The molecular weight excluding hydrogens is 264 g/mol. The fourth-order valence-corrected chi connectivity index (χ4v) is 2.19. The van der Waals surface area contributed by atoms with Gasteiger partial charge in [0, 0.05) is 29.7 Å². The normalized spacial score (nSPS) is 10.5. The van der Waals surface area contributed by atoms with Gasteiger partial charge in [-0.15, -0.1) is 0 Å². The van der Waals surface area contributed by atoms with E-state index in [0.717, 1.165) is 16.8 Å². The van der Waals surface area contributed by atoms with Crippen LogP contribution in [0.15, 0.2) is 61.1 Å². The summed E-state index contributed by atoms with van der Waals surface area (Å²) in [6, 6.07) is 13.0. The summed E-state index contributed by atoms with van der Waals surface area (Å²) in [5, 5.41) is 4.51. The van der Waals surface area contributed by atoms with Gasteiger partial charge in [-0.05, 0) is 29.8 Å². The molecule has 0 aliphatic carbocycles. The smallest absolute Gasteiger partial charge is 0.249 e. The maximum atomic E-state index is 11.5. The molecule has 2 N–H and O–H groups in total.